The highest BCUT2D eigenvalue weighted by atomic mass is 35.5. The van der Waals surface area contributed by atoms with Gasteiger partial charge in [-0.1, -0.05) is 47.5 Å². The van der Waals surface area contributed by atoms with Crippen molar-refractivity contribution in [2.45, 2.75) is 13.0 Å². The lowest BCUT2D eigenvalue weighted by molar-refractivity contribution is -0.122. The van der Waals surface area contributed by atoms with Crippen molar-refractivity contribution in [3.05, 3.63) is 69.5 Å². The van der Waals surface area contributed by atoms with Gasteiger partial charge in [0, 0.05) is 28.7 Å². The molecule has 0 aliphatic rings. The lowest BCUT2D eigenvalue weighted by Crippen LogP contribution is -2.36. The van der Waals surface area contributed by atoms with Gasteiger partial charge in [0.15, 0.2) is 0 Å². The van der Waals surface area contributed by atoms with Gasteiger partial charge in [-0.25, -0.2) is 4.39 Å². The van der Waals surface area contributed by atoms with Gasteiger partial charge in [0.25, 0.3) is 0 Å². The van der Waals surface area contributed by atoms with E-state index in [9.17, 15) is 9.18 Å². The normalized spacial score (nSPS) is 10.9. The molecule has 1 amide bonds. The van der Waals surface area contributed by atoms with Gasteiger partial charge in [-0.15, -0.1) is 0 Å². The summed E-state index contributed by atoms with van der Waals surface area (Å²) in [6.45, 7) is 1.06. The van der Waals surface area contributed by atoms with E-state index in [-0.39, 0.29) is 18.3 Å². The summed E-state index contributed by atoms with van der Waals surface area (Å²) in [5, 5.41) is 4.02. The quantitative estimate of drug-likeness (QED) is 0.802. The molecule has 0 saturated heterocycles. The number of carbonyl (C=O) groups is 1. The van der Waals surface area contributed by atoms with E-state index in [1.807, 2.05) is 6.07 Å². The molecule has 2 rings (SSSR count). The van der Waals surface area contributed by atoms with Gasteiger partial charge in [-0.3, -0.25) is 9.69 Å². The summed E-state index contributed by atoms with van der Waals surface area (Å²) in [4.78, 5) is 13.7. The molecule has 0 spiro atoms. The van der Waals surface area contributed by atoms with Crippen LogP contribution in [0.4, 0.5) is 4.39 Å². The van der Waals surface area contributed by atoms with Crippen LogP contribution >= 0.6 is 23.2 Å². The molecule has 0 aromatic heterocycles. The van der Waals surface area contributed by atoms with E-state index in [2.05, 4.69) is 5.32 Å². The second-order valence-corrected chi connectivity index (χ2v) is 6.44. The summed E-state index contributed by atoms with van der Waals surface area (Å²) in [7, 11) is 1.78. The molecule has 6 heteroatoms. The van der Waals surface area contributed by atoms with E-state index in [4.69, 9.17) is 23.2 Å². The number of benzene rings is 2. The Morgan fingerprint density at radius 2 is 1.92 bits per heavy atom. The van der Waals surface area contributed by atoms with Crippen LogP contribution in [0.15, 0.2) is 42.5 Å². The van der Waals surface area contributed by atoms with Gasteiger partial charge in [0.1, 0.15) is 5.82 Å². The molecule has 3 nitrogen and oxygen atoms in total. The molecule has 2 aromatic rings. The number of rotatable bonds is 7. The van der Waals surface area contributed by atoms with Crippen molar-refractivity contribution in [2.75, 3.05) is 20.1 Å². The fourth-order valence-electron chi connectivity index (χ4n) is 2.34. The molecule has 0 bridgehead atoms. The molecule has 0 unspecified atom stereocenters. The summed E-state index contributed by atoms with van der Waals surface area (Å²) < 4.78 is 13.6. The summed E-state index contributed by atoms with van der Waals surface area (Å²) in [5.74, 6) is -0.374. The number of carbonyl (C=O) groups excluding carboxylic acids is 1. The van der Waals surface area contributed by atoms with E-state index in [1.54, 1.807) is 42.3 Å². The van der Waals surface area contributed by atoms with E-state index in [0.29, 0.717) is 35.1 Å². The molecule has 24 heavy (non-hydrogen) atoms. The zero-order chi connectivity index (χ0) is 17.5. The van der Waals surface area contributed by atoms with Crippen molar-refractivity contribution < 1.29 is 9.18 Å². The second kappa shape index (κ2) is 9.02. The SMILES string of the molecule is CN(CC(=O)NCCc1ccc(Cl)cc1Cl)Cc1ccccc1F. The molecular formula is C18H19Cl2FN2O. The van der Waals surface area contributed by atoms with Crippen molar-refractivity contribution in [1.82, 2.24) is 10.2 Å². The first kappa shape index (κ1) is 18.7. The molecule has 0 aliphatic heterocycles. The van der Waals surface area contributed by atoms with Crippen LogP contribution in [0.5, 0.6) is 0 Å². The molecule has 0 saturated carbocycles. The number of halogens is 3. The highest BCUT2D eigenvalue weighted by Gasteiger charge is 2.09. The maximum atomic E-state index is 13.6. The monoisotopic (exact) mass is 368 g/mol. The summed E-state index contributed by atoms with van der Waals surface area (Å²) >= 11 is 11.9. The number of likely N-dealkylation sites (N-methyl/N-ethyl adjacent to an activating group) is 1. The Balaban J connectivity index is 1.75. The predicted molar refractivity (Wildman–Crippen MR) is 95.9 cm³/mol. The molecule has 128 valence electrons. The van der Waals surface area contributed by atoms with Gasteiger partial charge >= 0.3 is 0 Å². The minimum atomic E-state index is -0.262. The van der Waals surface area contributed by atoms with Crippen LogP contribution in [-0.4, -0.2) is 30.9 Å². The van der Waals surface area contributed by atoms with Crippen LogP contribution in [-0.2, 0) is 17.8 Å². The maximum Gasteiger partial charge on any atom is 0.234 e. The standard InChI is InChI=1S/C18H19Cl2FN2O/c1-23(11-14-4-2-3-5-17(14)21)12-18(24)22-9-8-13-6-7-15(19)10-16(13)20/h2-7,10H,8-9,11-12H2,1H3,(H,22,24). The third-order valence-corrected chi connectivity index (χ3v) is 4.13. The largest absolute Gasteiger partial charge is 0.355 e. The molecular weight excluding hydrogens is 350 g/mol. The van der Waals surface area contributed by atoms with Crippen molar-refractivity contribution >= 4 is 29.1 Å². The zero-order valence-corrected chi connectivity index (χ0v) is 14.9. The average molecular weight is 369 g/mol. The summed E-state index contributed by atoms with van der Waals surface area (Å²) in [6, 6.07) is 11.9. The Bertz CT molecular complexity index is 709. The predicted octanol–water partition coefficient (Wildman–Crippen LogP) is 3.92. The van der Waals surface area contributed by atoms with Crippen molar-refractivity contribution in [2.24, 2.45) is 0 Å². The van der Waals surface area contributed by atoms with Crippen LogP contribution in [0, 0.1) is 5.82 Å². The molecule has 1 N–H and O–H groups in total. The van der Waals surface area contributed by atoms with Gasteiger partial charge in [0.2, 0.25) is 5.91 Å². The van der Waals surface area contributed by atoms with Crippen molar-refractivity contribution in [1.29, 1.82) is 0 Å². The minimum Gasteiger partial charge on any atom is -0.355 e. The molecule has 0 aliphatic carbocycles. The van der Waals surface area contributed by atoms with Crippen LogP contribution in [0.2, 0.25) is 10.0 Å². The fourth-order valence-corrected chi connectivity index (χ4v) is 2.84. The minimum absolute atomic E-state index is 0.112. The van der Waals surface area contributed by atoms with E-state index >= 15 is 0 Å². The highest BCUT2D eigenvalue weighted by molar-refractivity contribution is 6.35. The zero-order valence-electron chi connectivity index (χ0n) is 13.4. The Hall–Kier alpha value is -1.62. The molecule has 0 radical (unpaired) electrons. The van der Waals surface area contributed by atoms with E-state index < -0.39 is 0 Å². The lowest BCUT2D eigenvalue weighted by Gasteiger charge is -2.16. The van der Waals surface area contributed by atoms with Crippen LogP contribution in [0.3, 0.4) is 0 Å². The van der Waals surface area contributed by atoms with Gasteiger partial charge in [0.05, 0.1) is 6.54 Å². The third kappa shape index (κ3) is 5.78. The van der Waals surface area contributed by atoms with Crippen LogP contribution < -0.4 is 5.32 Å². The first-order valence-corrected chi connectivity index (χ1v) is 8.34. The number of hydrogen-bond donors (Lipinski definition) is 1. The van der Waals surface area contributed by atoms with Crippen LogP contribution in [0.25, 0.3) is 0 Å². The number of nitrogens with one attached hydrogen (secondary N) is 1. The van der Waals surface area contributed by atoms with Crippen molar-refractivity contribution in [3.63, 3.8) is 0 Å². The second-order valence-electron chi connectivity index (χ2n) is 5.60. The Morgan fingerprint density at radius 1 is 1.17 bits per heavy atom. The number of nitrogens with zero attached hydrogens (tertiary/aromatic N) is 1. The fraction of sp³-hybridized carbons (Fsp3) is 0.278. The third-order valence-electron chi connectivity index (χ3n) is 3.54. The average Bonchev–Trinajstić information content (AvgIpc) is 2.51. The van der Waals surface area contributed by atoms with Gasteiger partial charge in [-0.2, -0.15) is 0 Å². The Kier molecular flexibility index (Phi) is 7.03. The van der Waals surface area contributed by atoms with E-state index in [1.165, 1.54) is 6.07 Å². The van der Waals surface area contributed by atoms with Crippen LogP contribution in [0.1, 0.15) is 11.1 Å². The Morgan fingerprint density at radius 3 is 2.62 bits per heavy atom. The smallest absolute Gasteiger partial charge is 0.234 e. The highest BCUT2D eigenvalue weighted by Crippen LogP contribution is 2.21. The summed E-state index contributed by atoms with van der Waals surface area (Å²) in [6.07, 6.45) is 0.624. The summed E-state index contributed by atoms with van der Waals surface area (Å²) in [5.41, 5.74) is 1.50. The topological polar surface area (TPSA) is 32.3 Å². The molecule has 0 heterocycles. The lowest BCUT2D eigenvalue weighted by atomic mass is 10.1. The van der Waals surface area contributed by atoms with Gasteiger partial charge < -0.3 is 5.32 Å². The van der Waals surface area contributed by atoms with Gasteiger partial charge in [-0.05, 0) is 37.2 Å². The number of hydrogen-bond acceptors (Lipinski definition) is 2. The van der Waals surface area contributed by atoms with E-state index in [0.717, 1.165) is 5.56 Å². The molecule has 0 atom stereocenters. The molecule has 0 fully saturated rings. The molecule has 2 aromatic carbocycles. The first-order chi connectivity index (χ1) is 11.5. The first-order valence-electron chi connectivity index (χ1n) is 7.58. The van der Waals surface area contributed by atoms with Crippen molar-refractivity contribution in [3.8, 4) is 0 Å². The Labute approximate surface area is 151 Å². The number of amides is 1. The maximum absolute atomic E-state index is 13.6.